The average molecular weight is 261 g/mol. The third-order valence-corrected chi connectivity index (χ3v) is 3.79. The fourth-order valence-corrected chi connectivity index (χ4v) is 2.55. The molecule has 1 heterocycles. The summed E-state index contributed by atoms with van der Waals surface area (Å²) in [5.41, 5.74) is 2.49. The molecule has 19 heavy (non-hydrogen) atoms. The van der Waals surface area contributed by atoms with Crippen LogP contribution in [0.25, 0.3) is 0 Å². The Morgan fingerprint density at radius 2 is 2.37 bits per heavy atom. The first kappa shape index (κ1) is 13.8. The Labute approximate surface area is 114 Å². The highest BCUT2D eigenvalue weighted by Gasteiger charge is 2.14. The van der Waals surface area contributed by atoms with Crippen LogP contribution in [0, 0.1) is 0 Å². The van der Waals surface area contributed by atoms with Crippen LogP contribution >= 0.6 is 0 Å². The summed E-state index contributed by atoms with van der Waals surface area (Å²) in [5, 5.41) is 7.20. The molecule has 0 bridgehead atoms. The second kappa shape index (κ2) is 6.55. The van der Waals surface area contributed by atoms with E-state index in [0.717, 1.165) is 25.0 Å². The standard InChI is InChI=1S/C15H23N3O/c1-12(13-6-4-3-5-7-13)17-15(19)9-8-14-10-11-16-18(14)2/h6,10-12H,3-5,7-9H2,1-2H3,(H,17,19)/t12-/m0/s1. The van der Waals surface area contributed by atoms with Gasteiger partial charge in [0.1, 0.15) is 0 Å². The highest BCUT2D eigenvalue weighted by Crippen LogP contribution is 2.20. The summed E-state index contributed by atoms with van der Waals surface area (Å²) < 4.78 is 1.82. The third kappa shape index (κ3) is 3.94. The van der Waals surface area contributed by atoms with Crippen molar-refractivity contribution in [1.82, 2.24) is 15.1 Å². The van der Waals surface area contributed by atoms with Gasteiger partial charge >= 0.3 is 0 Å². The number of hydrogen-bond donors (Lipinski definition) is 1. The largest absolute Gasteiger partial charge is 0.350 e. The number of aromatic nitrogens is 2. The van der Waals surface area contributed by atoms with Crippen LogP contribution in [0.5, 0.6) is 0 Å². The number of aryl methyl sites for hydroxylation is 2. The van der Waals surface area contributed by atoms with E-state index in [4.69, 9.17) is 0 Å². The van der Waals surface area contributed by atoms with E-state index in [1.54, 1.807) is 6.20 Å². The Morgan fingerprint density at radius 3 is 3.00 bits per heavy atom. The number of nitrogens with zero attached hydrogens (tertiary/aromatic N) is 2. The van der Waals surface area contributed by atoms with E-state index < -0.39 is 0 Å². The number of carbonyl (C=O) groups is 1. The van der Waals surface area contributed by atoms with Crippen molar-refractivity contribution in [3.05, 3.63) is 29.6 Å². The molecule has 0 aromatic carbocycles. The smallest absolute Gasteiger partial charge is 0.220 e. The summed E-state index contributed by atoms with van der Waals surface area (Å²) in [7, 11) is 1.91. The zero-order valence-electron chi connectivity index (χ0n) is 11.9. The molecular formula is C15H23N3O. The Hall–Kier alpha value is -1.58. The molecule has 1 N–H and O–H groups in total. The summed E-state index contributed by atoms with van der Waals surface area (Å²) in [6.07, 6.45) is 10.1. The van der Waals surface area contributed by atoms with E-state index in [-0.39, 0.29) is 11.9 Å². The van der Waals surface area contributed by atoms with Crippen LogP contribution in [0.15, 0.2) is 23.9 Å². The average Bonchev–Trinajstić information content (AvgIpc) is 2.83. The predicted molar refractivity (Wildman–Crippen MR) is 75.7 cm³/mol. The van der Waals surface area contributed by atoms with Crippen molar-refractivity contribution in [3.8, 4) is 0 Å². The van der Waals surface area contributed by atoms with E-state index in [1.807, 2.05) is 17.8 Å². The summed E-state index contributed by atoms with van der Waals surface area (Å²) in [6, 6.07) is 2.14. The second-order valence-corrected chi connectivity index (χ2v) is 5.26. The fraction of sp³-hybridized carbons (Fsp3) is 0.600. The molecule has 0 unspecified atom stereocenters. The van der Waals surface area contributed by atoms with Gasteiger partial charge in [-0.15, -0.1) is 0 Å². The number of carbonyl (C=O) groups excluding carboxylic acids is 1. The van der Waals surface area contributed by atoms with Gasteiger partial charge in [-0.3, -0.25) is 9.48 Å². The molecule has 1 aromatic rings. The minimum absolute atomic E-state index is 0.125. The van der Waals surface area contributed by atoms with Gasteiger partial charge in [0.05, 0.1) is 0 Å². The molecule has 0 saturated heterocycles. The first-order chi connectivity index (χ1) is 9.16. The Bertz CT molecular complexity index is 462. The minimum atomic E-state index is 0.125. The Kier molecular flexibility index (Phi) is 4.77. The first-order valence-electron chi connectivity index (χ1n) is 7.12. The van der Waals surface area contributed by atoms with Crippen molar-refractivity contribution < 1.29 is 4.79 Å². The zero-order valence-corrected chi connectivity index (χ0v) is 11.9. The van der Waals surface area contributed by atoms with Crippen molar-refractivity contribution in [3.63, 3.8) is 0 Å². The Morgan fingerprint density at radius 1 is 1.53 bits per heavy atom. The van der Waals surface area contributed by atoms with Crippen molar-refractivity contribution in [1.29, 1.82) is 0 Å². The van der Waals surface area contributed by atoms with Gasteiger partial charge in [0.25, 0.3) is 0 Å². The highest BCUT2D eigenvalue weighted by atomic mass is 16.1. The third-order valence-electron chi connectivity index (χ3n) is 3.79. The molecular weight excluding hydrogens is 238 g/mol. The van der Waals surface area contributed by atoms with Crippen molar-refractivity contribution in [2.45, 2.75) is 51.5 Å². The normalized spacial score (nSPS) is 16.8. The van der Waals surface area contributed by atoms with E-state index >= 15 is 0 Å². The van der Waals surface area contributed by atoms with Crippen LogP contribution in [-0.4, -0.2) is 21.7 Å². The molecule has 104 valence electrons. The molecule has 2 rings (SSSR count). The number of nitrogens with one attached hydrogen (secondary N) is 1. The molecule has 0 fully saturated rings. The number of rotatable bonds is 5. The molecule has 0 radical (unpaired) electrons. The topological polar surface area (TPSA) is 46.9 Å². The summed E-state index contributed by atoms with van der Waals surface area (Å²) in [6.45, 7) is 2.08. The lowest BCUT2D eigenvalue weighted by Gasteiger charge is -2.20. The fourth-order valence-electron chi connectivity index (χ4n) is 2.55. The highest BCUT2D eigenvalue weighted by molar-refractivity contribution is 5.76. The van der Waals surface area contributed by atoms with Gasteiger partial charge in [0, 0.05) is 31.4 Å². The summed E-state index contributed by atoms with van der Waals surface area (Å²) in [5.74, 6) is 0.125. The van der Waals surface area contributed by atoms with E-state index in [9.17, 15) is 4.79 Å². The Balaban J connectivity index is 1.78. The maximum Gasteiger partial charge on any atom is 0.220 e. The van der Waals surface area contributed by atoms with Crippen LogP contribution in [0.3, 0.4) is 0 Å². The quantitative estimate of drug-likeness (QED) is 0.827. The molecule has 0 saturated carbocycles. The van der Waals surface area contributed by atoms with E-state index in [2.05, 4.69) is 23.4 Å². The maximum atomic E-state index is 11.9. The van der Waals surface area contributed by atoms with Gasteiger partial charge in [0.2, 0.25) is 5.91 Å². The molecule has 4 heteroatoms. The van der Waals surface area contributed by atoms with Crippen LogP contribution in [0.2, 0.25) is 0 Å². The molecule has 4 nitrogen and oxygen atoms in total. The van der Waals surface area contributed by atoms with Gasteiger partial charge < -0.3 is 5.32 Å². The van der Waals surface area contributed by atoms with Crippen molar-refractivity contribution in [2.75, 3.05) is 0 Å². The SMILES string of the molecule is C[C@H](NC(=O)CCc1ccnn1C)C1=CCCCC1. The maximum absolute atomic E-state index is 11.9. The predicted octanol–water partition coefficient (Wildman–Crippen LogP) is 2.36. The molecule has 1 aliphatic rings. The first-order valence-corrected chi connectivity index (χ1v) is 7.12. The van der Waals surface area contributed by atoms with Gasteiger partial charge in [0.15, 0.2) is 0 Å². The summed E-state index contributed by atoms with van der Waals surface area (Å²) >= 11 is 0. The van der Waals surface area contributed by atoms with Gasteiger partial charge in [-0.25, -0.2) is 0 Å². The summed E-state index contributed by atoms with van der Waals surface area (Å²) in [4.78, 5) is 11.9. The number of amides is 1. The molecule has 1 atom stereocenters. The molecule has 1 aromatic heterocycles. The van der Waals surface area contributed by atoms with Gasteiger partial charge in [-0.05, 0) is 45.1 Å². The second-order valence-electron chi connectivity index (χ2n) is 5.26. The van der Waals surface area contributed by atoms with Gasteiger partial charge in [-0.1, -0.05) is 11.6 Å². The van der Waals surface area contributed by atoms with Crippen molar-refractivity contribution in [2.24, 2.45) is 7.05 Å². The zero-order chi connectivity index (χ0) is 13.7. The lowest BCUT2D eigenvalue weighted by atomic mass is 9.94. The number of allylic oxidation sites excluding steroid dienone is 1. The minimum Gasteiger partial charge on any atom is -0.350 e. The van der Waals surface area contributed by atoms with Crippen LogP contribution in [0.1, 0.15) is 44.7 Å². The van der Waals surface area contributed by atoms with E-state index in [0.29, 0.717) is 6.42 Å². The van der Waals surface area contributed by atoms with Gasteiger partial charge in [-0.2, -0.15) is 5.10 Å². The van der Waals surface area contributed by atoms with Crippen LogP contribution < -0.4 is 5.32 Å². The lowest BCUT2D eigenvalue weighted by Crippen LogP contribution is -2.34. The lowest BCUT2D eigenvalue weighted by molar-refractivity contribution is -0.121. The molecule has 0 spiro atoms. The van der Waals surface area contributed by atoms with Crippen LogP contribution in [0.4, 0.5) is 0 Å². The van der Waals surface area contributed by atoms with Crippen LogP contribution in [-0.2, 0) is 18.3 Å². The van der Waals surface area contributed by atoms with E-state index in [1.165, 1.54) is 18.4 Å². The molecule has 1 amide bonds. The molecule has 0 aliphatic heterocycles. The monoisotopic (exact) mass is 261 g/mol. The molecule has 1 aliphatic carbocycles. The number of hydrogen-bond acceptors (Lipinski definition) is 2. The van der Waals surface area contributed by atoms with Crippen molar-refractivity contribution >= 4 is 5.91 Å².